The number of ether oxygens (including phenoxy) is 2. The van der Waals surface area contributed by atoms with Crippen molar-refractivity contribution in [2.75, 3.05) is 33.5 Å². The van der Waals surface area contributed by atoms with Crippen LogP contribution in [0.25, 0.3) is 11.0 Å². The van der Waals surface area contributed by atoms with Crippen molar-refractivity contribution in [1.29, 1.82) is 0 Å². The molecule has 1 unspecified atom stereocenters. The summed E-state index contributed by atoms with van der Waals surface area (Å²) < 4.78 is 29.1. The fourth-order valence-electron chi connectivity index (χ4n) is 7.74. The van der Waals surface area contributed by atoms with Gasteiger partial charge < -0.3 is 24.5 Å². The Balaban J connectivity index is 1.29. The minimum atomic E-state index is -0.528. The van der Waals surface area contributed by atoms with Gasteiger partial charge in [-0.15, -0.1) is 0 Å². The molecule has 1 aromatic carbocycles. The number of furan rings is 1. The van der Waals surface area contributed by atoms with Crippen LogP contribution in [0.2, 0.25) is 0 Å². The van der Waals surface area contributed by atoms with Gasteiger partial charge in [0.2, 0.25) is 11.7 Å². The van der Waals surface area contributed by atoms with E-state index in [0.717, 1.165) is 43.1 Å². The van der Waals surface area contributed by atoms with Crippen molar-refractivity contribution < 1.29 is 32.7 Å². The fraction of sp³-hybridized carbons (Fsp3) is 0.676. The van der Waals surface area contributed by atoms with Crippen molar-refractivity contribution in [1.82, 2.24) is 4.90 Å². The number of ketones is 1. The molecule has 2 aliphatic carbocycles. The van der Waals surface area contributed by atoms with Gasteiger partial charge in [0.25, 0.3) is 0 Å². The average molecular weight is 599 g/mol. The highest BCUT2D eigenvalue weighted by atomic mass is 19.1. The Bertz CT molecular complexity index is 1250. The topological polar surface area (TPSA) is 112 Å². The average Bonchev–Trinajstić information content (AvgIpc) is 3.68. The zero-order valence-corrected chi connectivity index (χ0v) is 25.4. The van der Waals surface area contributed by atoms with Crippen molar-refractivity contribution >= 4 is 28.6 Å². The zero-order valence-electron chi connectivity index (χ0n) is 25.4. The molecule has 2 saturated carbocycles. The summed E-state index contributed by atoms with van der Waals surface area (Å²) in [5.41, 5.74) is 7.35. The molecule has 1 aromatic heterocycles. The number of carbonyl (C=O) groups is 3. The lowest BCUT2D eigenvalue weighted by Crippen LogP contribution is -2.48. The van der Waals surface area contributed by atoms with E-state index < -0.39 is 24.7 Å². The predicted octanol–water partition coefficient (Wildman–Crippen LogP) is 5.64. The van der Waals surface area contributed by atoms with E-state index in [0.29, 0.717) is 43.9 Å². The van der Waals surface area contributed by atoms with E-state index in [9.17, 15) is 18.8 Å². The molecule has 2 aromatic rings. The van der Waals surface area contributed by atoms with Gasteiger partial charge in [-0.1, -0.05) is 38.2 Å². The molecule has 2 heterocycles. The highest BCUT2D eigenvalue weighted by molar-refractivity contribution is 5.94. The quantitative estimate of drug-likeness (QED) is 0.249. The molecule has 1 amide bonds. The summed E-state index contributed by atoms with van der Waals surface area (Å²) in [6.45, 7) is 0.846. The van der Waals surface area contributed by atoms with Gasteiger partial charge >= 0.3 is 5.97 Å². The number of rotatable bonds is 12. The van der Waals surface area contributed by atoms with Crippen LogP contribution in [0.15, 0.2) is 28.7 Å². The maximum Gasteiger partial charge on any atom is 0.374 e. The number of hydrogen-bond donors (Lipinski definition) is 1. The van der Waals surface area contributed by atoms with E-state index in [2.05, 4.69) is 0 Å². The maximum absolute atomic E-state index is 14.1. The molecule has 5 rings (SSSR count). The van der Waals surface area contributed by atoms with Crippen molar-refractivity contribution in [2.45, 2.75) is 89.1 Å². The summed E-state index contributed by atoms with van der Waals surface area (Å²) in [4.78, 5) is 42.3. The first-order valence-electron chi connectivity index (χ1n) is 16.2. The number of amides is 1. The molecule has 2 N–H and O–H groups in total. The zero-order chi connectivity index (χ0) is 30.3. The number of carbonyl (C=O) groups excluding carboxylic acids is 3. The number of benzene rings is 1. The van der Waals surface area contributed by atoms with Crippen molar-refractivity contribution in [3.63, 3.8) is 0 Å². The summed E-state index contributed by atoms with van der Waals surface area (Å²) in [6.07, 6.45) is 10.5. The first kappa shape index (κ1) is 31.6. The Morgan fingerprint density at radius 2 is 1.79 bits per heavy atom. The van der Waals surface area contributed by atoms with Crippen LogP contribution in [-0.4, -0.2) is 68.2 Å². The largest absolute Gasteiger partial charge is 0.460 e. The van der Waals surface area contributed by atoms with Gasteiger partial charge in [-0.3, -0.25) is 9.59 Å². The molecule has 0 spiro atoms. The number of fused-ring (bicyclic) bond motifs is 1. The SMILES string of the molecule is COCCCOC(=O)c1cc2cc(CC(=O)[C@@H]3[C@H](C4CCCCC4)CCN3C(=O)C3CCC(C(N)CF)CC3)ccc2o1. The van der Waals surface area contributed by atoms with Crippen molar-refractivity contribution in [3.05, 3.63) is 35.6 Å². The molecule has 8 nitrogen and oxygen atoms in total. The molecule has 3 aliphatic rings. The highest BCUT2D eigenvalue weighted by Gasteiger charge is 2.46. The second kappa shape index (κ2) is 14.8. The van der Waals surface area contributed by atoms with Crippen LogP contribution in [-0.2, 0) is 25.5 Å². The summed E-state index contributed by atoms with van der Waals surface area (Å²) in [6, 6.07) is 6.33. The van der Waals surface area contributed by atoms with Gasteiger partial charge in [-0.25, -0.2) is 9.18 Å². The van der Waals surface area contributed by atoms with E-state index in [1.54, 1.807) is 19.2 Å². The van der Waals surface area contributed by atoms with Crippen LogP contribution in [0.5, 0.6) is 0 Å². The number of nitrogens with two attached hydrogens (primary N) is 1. The summed E-state index contributed by atoms with van der Waals surface area (Å²) in [5, 5.41) is 0.737. The standard InChI is InChI=1S/C34H47FN2O6/c1-41-16-5-17-42-34(40)31-20-26-18-22(8-13-30(26)43-31)19-29(38)32-27(23-6-3-2-4-7-23)14-15-37(32)33(39)25-11-9-24(10-12-25)28(36)21-35/h8,13,18,20,23-25,27-28,32H,2-7,9-12,14-17,19,21,36H2,1H3/t24?,25?,27-,28?,32-/m0/s1. The fourth-order valence-corrected chi connectivity index (χ4v) is 7.74. The summed E-state index contributed by atoms with van der Waals surface area (Å²) in [5.74, 6) is 0.411. The third kappa shape index (κ3) is 7.48. The Morgan fingerprint density at radius 3 is 2.51 bits per heavy atom. The third-order valence-corrected chi connectivity index (χ3v) is 10.1. The van der Waals surface area contributed by atoms with Gasteiger partial charge in [0.1, 0.15) is 12.3 Å². The number of halogens is 1. The van der Waals surface area contributed by atoms with E-state index >= 15 is 0 Å². The van der Waals surface area contributed by atoms with Crippen LogP contribution in [0.3, 0.4) is 0 Å². The normalized spacial score (nSPS) is 25.6. The minimum absolute atomic E-state index is 0.0789. The summed E-state index contributed by atoms with van der Waals surface area (Å²) in [7, 11) is 1.60. The molecular formula is C34H47FN2O6. The van der Waals surface area contributed by atoms with E-state index in [1.807, 2.05) is 17.0 Å². The molecule has 43 heavy (non-hydrogen) atoms. The van der Waals surface area contributed by atoms with Crippen LogP contribution in [0.1, 0.15) is 86.7 Å². The van der Waals surface area contributed by atoms with Crippen molar-refractivity contribution in [3.8, 4) is 0 Å². The van der Waals surface area contributed by atoms with E-state index in [1.165, 1.54) is 19.3 Å². The van der Waals surface area contributed by atoms with Gasteiger partial charge in [-0.2, -0.15) is 0 Å². The van der Waals surface area contributed by atoms with Crippen LogP contribution in [0, 0.1) is 23.7 Å². The van der Waals surface area contributed by atoms with Crippen LogP contribution >= 0.6 is 0 Å². The van der Waals surface area contributed by atoms with Gasteiger partial charge in [0, 0.05) is 50.4 Å². The van der Waals surface area contributed by atoms with Gasteiger partial charge in [0.15, 0.2) is 5.78 Å². The van der Waals surface area contributed by atoms with Crippen molar-refractivity contribution in [2.24, 2.45) is 29.4 Å². The van der Waals surface area contributed by atoms with E-state index in [-0.39, 0.29) is 48.2 Å². The number of likely N-dealkylation sites (tertiary alicyclic amines) is 1. The first-order chi connectivity index (χ1) is 20.9. The molecule has 0 radical (unpaired) electrons. The Hall–Kier alpha value is -2.78. The van der Waals surface area contributed by atoms with Crippen LogP contribution in [0.4, 0.5) is 4.39 Å². The maximum atomic E-state index is 14.1. The Kier molecular flexibility index (Phi) is 10.9. The number of alkyl halides is 1. The summed E-state index contributed by atoms with van der Waals surface area (Å²) >= 11 is 0. The predicted molar refractivity (Wildman–Crippen MR) is 161 cm³/mol. The Morgan fingerprint density at radius 1 is 1.02 bits per heavy atom. The smallest absolute Gasteiger partial charge is 0.374 e. The van der Waals surface area contributed by atoms with Gasteiger partial charge in [-0.05, 0) is 73.6 Å². The lowest BCUT2D eigenvalue weighted by Gasteiger charge is -2.37. The number of hydrogen-bond acceptors (Lipinski definition) is 7. The number of esters is 1. The monoisotopic (exact) mass is 598 g/mol. The molecule has 9 heteroatoms. The molecule has 1 saturated heterocycles. The minimum Gasteiger partial charge on any atom is -0.460 e. The lowest BCUT2D eigenvalue weighted by atomic mass is 9.75. The number of nitrogens with zero attached hydrogens (tertiary/aromatic N) is 1. The Labute approximate surface area is 253 Å². The van der Waals surface area contributed by atoms with Crippen LogP contribution < -0.4 is 5.73 Å². The van der Waals surface area contributed by atoms with E-state index in [4.69, 9.17) is 19.6 Å². The third-order valence-electron chi connectivity index (χ3n) is 10.1. The molecular weight excluding hydrogens is 551 g/mol. The number of Topliss-reactive ketones (excluding diaryl/α,β-unsaturated/α-hetero) is 1. The molecule has 3 fully saturated rings. The lowest BCUT2D eigenvalue weighted by molar-refractivity contribution is -0.143. The first-order valence-corrected chi connectivity index (χ1v) is 16.2. The van der Waals surface area contributed by atoms with Gasteiger partial charge in [0.05, 0.1) is 12.6 Å². The molecule has 3 atom stereocenters. The second-order valence-electron chi connectivity index (χ2n) is 12.9. The highest BCUT2D eigenvalue weighted by Crippen LogP contribution is 2.41. The molecule has 236 valence electrons. The molecule has 1 aliphatic heterocycles. The molecule has 0 bridgehead atoms. The second-order valence-corrected chi connectivity index (χ2v) is 12.9. The number of methoxy groups -OCH3 is 1.